The molecule has 1 nitrogen and oxygen atoms in total. The molecule has 2 aromatic rings. The highest BCUT2D eigenvalue weighted by Gasteiger charge is 2.09. The molecule has 0 aliphatic heterocycles. The first-order valence-corrected chi connectivity index (χ1v) is 6.49. The third-order valence-electron chi connectivity index (χ3n) is 2.39. The van der Waals surface area contributed by atoms with Gasteiger partial charge in [-0.05, 0) is 47.5 Å². The van der Waals surface area contributed by atoms with E-state index in [2.05, 4.69) is 31.9 Å². The fourth-order valence-corrected chi connectivity index (χ4v) is 2.58. The van der Waals surface area contributed by atoms with Gasteiger partial charge in [-0.1, -0.05) is 31.9 Å². The van der Waals surface area contributed by atoms with Gasteiger partial charge in [-0.25, -0.2) is 4.39 Å². The number of rotatable bonds is 2. The number of halogens is 3. The lowest BCUT2D eigenvalue weighted by Gasteiger charge is -2.09. The van der Waals surface area contributed by atoms with Crippen molar-refractivity contribution >= 4 is 31.9 Å². The van der Waals surface area contributed by atoms with E-state index in [0.717, 1.165) is 25.8 Å². The molecular weight excluding hydrogens is 351 g/mol. The zero-order valence-electron chi connectivity index (χ0n) is 9.01. The minimum atomic E-state index is -0.258. The minimum absolute atomic E-state index is 0.258. The zero-order valence-corrected chi connectivity index (χ0v) is 12.2. The predicted octanol–water partition coefficient (Wildman–Crippen LogP) is 5.03. The van der Waals surface area contributed by atoms with Crippen LogP contribution in [0.4, 0.5) is 4.39 Å². The van der Waals surface area contributed by atoms with Crippen molar-refractivity contribution in [3.05, 3.63) is 51.2 Å². The van der Waals surface area contributed by atoms with Gasteiger partial charge in [-0.15, -0.1) is 0 Å². The van der Waals surface area contributed by atoms with E-state index in [1.807, 2.05) is 18.2 Å². The first-order valence-electron chi connectivity index (χ1n) is 4.91. The summed E-state index contributed by atoms with van der Waals surface area (Å²) < 4.78 is 20.1. The maximum atomic E-state index is 13.2. The average Bonchev–Trinajstić information content (AvgIpc) is 2.32. The highest BCUT2D eigenvalue weighted by molar-refractivity contribution is 9.11. The van der Waals surface area contributed by atoms with Crippen LogP contribution in [0.15, 0.2) is 45.3 Å². The van der Waals surface area contributed by atoms with Crippen LogP contribution in [-0.4, -0.2) is 7.11 Å². The van der Waals surface area contributed by atoms with E-state index >= 15 is 0 Å². The SMILES string of the molecule is COc1ccc(-c2cc(F)ccc2Br)c(Br)c1. The molecule has 0 fully saturated rings. The first kappa shape index (κ1) is 12.6. The van der Waals surface area contributed by atoms with Crippen LogP contribution in [0, 0.1) is 5.82 Å². The molecule has 4 heteroatoms. The highest BCUT2D eigenvalue weighted by Crippen LogP contribution is 2.35. The lowest BCUT2D eigenvalue weighted by atomic mass is 10.1. The van der Waals surface area contributed by atoms with Gasteiger partial charge in [-0.3, -0.25) is 0 Å². The summed E-state index contributed by atoms with van der Waals surface area (Å²) in [6, 6.07) is 10.2. The van der Waals surface area contributed by atoms with Crippen LogP contribution in [0.25, 0.3) is 11.1 Å². The molecule has 0 aliphatic carbocycles. The molecule has 0 bridgehead atoms. The summed E-state index contributed by atoms with van der Waals surface area (Å²) >= 11 is 6.88. The molecule has 0 spiro atoms. The van der Waals surface area contributed by atoms with Gasteiger partial charge in [0.05, 0.1) is 7.11 Å². The van der Waals surface area contributed by atoms with Crippen molar-refractivity contribution in [2.24, 2.45) is 0 Å². The van der Waals surface area contributed by atoms with Gasteiger partial charge in [-0.2, -0.15) is 0 Å². The number of hydrogen-bond acceptors (Lipinski definition) is 1. The summed E-state index contributed by atoms with van der Waals surface area (Å²) in [6.45, 7) is 0. The van der Waals surface area contributed by atoms with Crippen molar-refractivity contribution in [3.8, 4) is 16.9 Å². The topological polar surface area (TPSA) is 9.23 Å². The van der Waals surface area contributed by atoms with Gasteiger partial charge in [0.2, 0.25) is 0 Å². The van der Waals surface area contributed by atoms with Crippen molar-refractivity contribution in [2.45, 2.75) is 0 Å². The van der Waals surface area contributed by atoms with E-state index in [4.69, 9.17) is 4.74 Å². The summed E-state index contributed by atoms with van der Waals surface area (Å²) in [7, 11) is 1.61. The Morgan fingerprint density at radius 2 is 1.71 bits per heavy atom. The average molecular weight is 360 g/mol. The molecule has 0 atom stereocenters. The molecule has 0 N–H and O–H groups in total. The summed E-state index contributed by atoms with van der Waals surface area (Å²) in [6.07, 6.45) is 0. The standard InChI is InChI=1S/C13H9Br2FO/c1-17-9-3-4-10(13(15)7-9)11-6-8(16)2-5-12(11)14/h2-7H,1H3. The maximum absolute atomic E-state index is 13.2. The Morgan fingerprint density at radius 3 is 2.35 bits per heavy atom. The monoisotopic (exact) mass is 358 g/mol. The van der Waals surface area contributed by atoms with Crippen molar-refractivity contribution in [3.63, 3.8) is 0 Å². The van der Waals surface area contributed by atoms with Gasteiger partial charge in [0.25, 0.3) is 0 Å². The largest absolute Gasteiger partial charge is 0.497 e. The van der Waals surface area contributed by atoms with Crippen LogP contribution in [0.2, 0.25) is 0 Å². The van der Waals surface area contributed by atoms with E-state index in [1.165, 1.54) is 12.1 Å². The van der Waals surface area contributed by atoms with Gasteiger partial charge < -0.3 is 4.74 Å². The molecule has 17 heavy (non-hydrogen) atoms. The second kappa shape index (κ2) is 5.19. The van der Waals surface area contributed by atoms with Crippen molar-refractivity contribution in [2.75, 3.05) is 7.11 Å². The molecule has 0 aliphatic rings. The molecule has 0 saturated heterocycles. The zero-order chi connectivity index (χ0) is 12.4. The molecular formula is C13H9Br2FO. The van der Waals surface area contributed by atoms with Crippen molar-refractivity contribution < 1.29 is 9.13 Å². The van der Waals surface area contributed by atoms with Crippen LogP contribution in [0.5, 0.6) is 5.75 Å². The van der Waals surface area contributed by atoms with E-state index in [1.54, 1.807) is 13.2 Å². The summed E-state index contributed by atoms with van der Waals surface area (Å²) in [5.41, 5.74) is 1.72. The molecule has 0 radical (unpaired) electrons. The van der Waals surface area contributed by atoms with Crippen LogP contribution in [0.3, 0.4) is 0 Å². The maximum Gasteiger partial charge on any atom is 0.123 e. The Kier molecular flexibility index (Phi) is 3.84. The Bertz CT molecular complexity index is 555. The van der Waals surface area contributed by atoms with Gasteiger partial charge in [0.15, 0.2) is 0 Å². The lowest BCUT2D eigenvalue weighted by molar-refractivity contribution is 0.414. The quantitative estimate of drug-likeness (QED) is 0.730. The number of hydrogen-bond donors (Lipinski definition) is 0. The van der Waals surface area contributed by atoms with Crippen LogP contribution in [-0.2, 0) is 0 Å². The Morgan fingerprint density at radius 1 is 0.941 bits per heavy atom. The second-order valence-corrected chi connectivity index (χ2v) is 5.18. The minimum Gasteiger partial charge on any atom is -0.497 e. The summed E-state index contributed by atoms with van der Waals surface area (Å²) in [4.78, 5) is 0. The molecule has 2 rings (SSSR count). The molecule has 0 amide bonds. The molecule has 0 saturated carbocycles. The number of methoxy groups -OCH3 is 1. The van der Waals surface area contributed by atoms with Crippen LogP contribution >= 0.6 is 31.9 Å². The predicted molar refractivity (Wildman–Crippen MR) is 73.8 cm³/mol. The smallest absolute Gasteiger partial charge is 0.123 e. The lowest BCUT2D eigenvalue weighted by Crippen LogP contribution is -1.87. The summed E-state index contributed by atoms with van der Waals surface area (Å²) in [5.74, 6) is 0.499. The van der Waals surface area contributed by atoms with Crippen LogP contribution in [0.1, 0.15) is 0 Å². The molecule has 2 aromatic carbocycles. The highest BCUT2D eigenvalue weighted by atomic mass is 79.9. The Balaban J connectivity index is 2.56. The second-order valence-electron chi connectivity index (χ2n) is 3.47. The fraction of sp³-hybridized carbons (Fsp3) is 0.0769. The normalized spacial score (nSPS) is 10.4. The number of benzene rings is 2. The van der Waals surface area contributed by atoms with Gasteiger partial charge in [0.1, 0.15) is 11.6 Å². The molecule has 0 heterocycles. The van der Waals surface area contributed by atoms with E-state index in [9.17, 15) is 4.39 Å². The molecule has 0 aromatic heterocycles. The van der Waals surface area contributed by atoms with E-state index in [0.29, 0.717) is 0 Å². The first-order chi connectivity index (χ1) is 8.11. The Labute approximate surface area is 116 Å². The Hall–Kier alpha value is -0.870. The van der Waals surface area contributed by atoms with E-state index in [-0.39, 0.29) is 5.82 Å². The van der Waals surface area contributed by atoms with Crippen molar-refractivity contribution in [1.29, 1.82) is 0 Å². The third kappa shape index (κ3) is 2.69. The van der Waals surface area contributed by atoms with Gasteiger partial charge >= 0.3 is 0 Å². The van der Waals surface area contributed by atoms with E-state index < -0.39 is 0 Å². The fourth-order valence-electron chi connectivity index (χ4n) is 1.55. The number of ether oxygens (including phenoxy) is 1. The van der Waals surface area contributed by atoms with Crippen molar-refractivity contribution in [1.82, 2.24) is 0 Å². The summed E-state index contributed by atoms with van der Waals surface area (Å²) in [5, 5.41) is 0. The molecule has 88 valence electrons. The van der Waals surface area contributed by atoms with Crippen LogP contribution < -0.4 is 4.74 Å². The van der Waals surface area contributed by atoms with Gasteiger partial charge in [0, 0.05) is 8.95 Å². The third-order valence-corrected chi connectivity index (χ3v) is 3.74. The molecule has 0 unspecified atom stereocenters.